The monoisotopic (exact) mass is 329 g/mol. The van der Waals surface area contributed by atoms with Gasteiger partial charge in [-0.15, -0.1) is 0 Å². The average Bonchev–Trinajstić information content (AvgIpc) is 2.55. The molecule has 0 spiro atoms. The zero-order valence-electron chi connectivity index (χ0n) is 13.7. The standard InChI is InChI=1S/C19H20FNO3/c1-19(2,15-7-9-16(20)10-8-15)18(24)21-12-11-13-3-5-14(6-4-13)17(22)23/h3-10H,11-12H2,1-2H3,(H,21,24)(H,22,23). The lowest BCUT2D eigenvalue weighted by molar-refractivity contribution is -0.125. The zero-order valence-corrected chi connectivity index (χ0v) is 13.7. The highest BCUT2D eigenvalue weighted by molar-refractivity contribution is 5.88. The van der Waals surface area contributed by atoms with Crippen molar-refractivity contribution in [1.82, 2.24) is 5.32 Å². The number of carbonyl (C=O) groups excluding carboxylic acids is 1. The maximum atomic E-state index is 13.0. The number of benzene rings is 2. The van der Waals surface area contributed by atoms with Crippen molar-refractivity contribution in [3.8, 4) is 0 Å². The first-order valence-corrected chi connectivity index (χ1v) is 7.67. The van der Waals surface area contributed by atoms with Gasteiger partial charge in [-0.2, -0.15) is 0 Å². The lowest BCUT2D eigenvalue weighted by atomic mass is 9.83. The van der Waals surface area contributed by atoms with Gasteiger partial charge in [0.15, 0.2) is 0 Å². The number of carboxylic acid groups (broad SMARTS) is 1. The molecule has 5 heteroatoms. The van der Waals surface area contributed by atoms with Gasteiger partial charge in [0.1, 0.15) is 5.82 Å². The van der Waals surface area contributed by atoms with Gasteiger partial charge in [0.25, 0.3) is 0 Å². The number of hydrogen-bond donors (Lipinski definition) is 2. The molecule has 0 saturated heterocycles. The van der Waals surface area contributed by atoms with Gasteiger partial charge in [-0.05, 0) is 55.7 Å². The van der Waals surface area contributed by atoms with Crippen molar-refractivity contribution in [1.29, 1.82) is 0 Å². The van der Waals surface area contributed by atoms with Crippen LogP contribution < -0.4 is 5.32 Å². The molecule has 2 aromatic carbocycles. The summed E-state index contributed by atoms with van der Waals surface area (Å²) in [5, 5.41) is 11.7. The lowest BCUT2D eigenvalue weighted by Gasteiger charge is -2.24. The highest BCUT2D eigenvalue weighted by Gasteiger charge is 2.29. The second-order valence-corrected chi connectivity index (χ2v) is 6.14. The molecule has 24 heavy (non-hydrogen) atoms. The van der Waals surface area contributed by atoms with Crippen LogP contribution in [0, 0.1) is 5.82 Å². The molecule has 0 unspecified atom stereocenters. The van der Waals surface area contributed by atoms with E-state index in [2.05, 4.69) is 5.32 Å². The number of nitrogens with one attached hydrogen (secondary N) is 1. The van der Waals surface area contributed by atoms with Crippen LogP contribution in [0.3, 0.4) is 0 Å². The van der Waals surface area contributed by atoms with Crippen LogP contribution in [0.2, 0.25) is 0 Å². The Morgan fingerprint density at radius 3 is 2.17 bits per heavy atom. The highest BCUT2D eigenvalue weighted by Crippen LogP contribution is 2.23. The summed E-state index contributed by atoms with van der Waals surface area (Å²) in [5.74, 6) is -1.44. The van der Waals surface area contributed by atoms with Gasteiger partial charge in [-0.1, -0.05) is 24.3 Å². The first-order valence-electron chi connectivity index (χ1n) is 7.67. The van der Waals surface area contributed by atoms with Gasteiger partial charge in [-0.25, -0.2) is 9.18 Å². The molecule has 0 bridgehead atoms. The van der Waals surface area contributed by atoms with Crippen LogP contribution in [0.5, 0.6) is 0 Å². The zero-order chi connectivity index (χ0) is 17.7. The molecule has 0 radical (unpaired) electrons. The first-order chi connectivity index (χ1) is 11.3. The van der Waals surface area contributed by atoms with E-state index in [1.54, 1.807) is 50.2 Å². The molecule has 0 aliphatic heterocycles. The smallest absolute Gasteiger partial charge is 0.335 e. The minimum absolute atomic E-state index is 0.142. The molecule has 4 nitrogen and oxygen atoms in total. The van der Waals surface area contributed by atoms with E-state index in [0.717, 1.165) is 11.1 Å². The number of amides is 1. The normalized spacial score (nSPS) is 11.1. The third-order valence-electron chi connectivity index (χ3n) is 4.03. The van der Waals surface area contributed by atoms with E-state index in [1.807, 2.05) is 0 Å². The summed E-state index contributed by atoms with van der Waals surface area (Å²) in [7, 11) is 0. The SMILES string of the molecule is CC(C)(C(=O)NCCc1ccc(C(=O)O)cc1)c1ccc(F)cc1. The van der Waals surface area contributed by atoms with E-state index in [0.29, 0.717) is 13.0 Å². The second kappa shape index (κ2) is 7.25. The fraction of sp³-hybridized carbons (Fsp3) is 0.263. The summed E-state index contributed by atoms with van der Waals surface area (Å²) in [6.45, 7) is 4.02. The quantitative estimate of drug-likeness (QED) is 0.855. The molecular weight excluding hydrogens is 309 g/mol. The molecule has 2 aromatic rings. The summed E-state index contributed by atoms with van der Waals surface area (Å²) in [5.41, 5.74) is 1.16. The van der Waals surface area contributed by atoms with Crippen molar-refractivity contribution in [2.45, 2.75) is 25.7 Å². The molecule has 0 saturated carbocycles. The first kappa shape index (κ1) is 17.7. The third kappa shape index (κ3) is 4.19. The number of halogens is 1. The molecule has 2 rings (SSSR count). The maximum absolute atomic E-state index is 13.0. The van der Waals surface area contributed by atoms with Gasteiger partial charge in [0.2, 0.25) is 5.91 Å². The van der Waals surface area contributed by atoms with Gasteiger partial charge < -0.3 is 10.4 Å². The van der Waals surface area contributed by atoms with Gasteiger partial charge in [0.05, 0.1) is 11.0 Å². The van der Waals surface area contributed by atoms with E-state index in [1.165, 1.54) is 12.1 Å². The Bertz CT molecular complexity index is 721. The number of rotatable bonds is 6. The van der Waals surface area contributed by atoms with Crippen molar-refractivity contribution in [3.63, 3.8) is 0 Å². The predicted molar refractivity (Wildman–Crippen MR) is 89.5 cm³/mol. The van der Waals surface area contributed by atoms with Crippen LogP contribution in [0.4, 0.5) is 4.39 Å². The van der Waals surface area contributed by atoms with Crippen molar-refractivity contribution < 1.29 is 19.1 Å². The number of hydrogen-bond acceptors (Lipinski definition) is 2. The average molecular weight is 329 g/mol. The Hall–Kier alpha value is -2.69. The Morgan fingerprint density at radius 2 is 1.62 bits per heavy atom. The summed E-state index contributed by atoms with van der Waals surface area (Å²) in [4.78, 5) is 23.2. The minimum Gasteiger partial charge on any atom is -0.478 e. The molecule has 0 heterocycles. The number of carboxylic acids is 1. The molecule has 1 amide bonds. The number of aromatic carboxylic acids is 1. The predicted octanol–water partition coefficient (Wildman–Crippen LogP) is 3.16. The molecule has 0 aliphatic carbocycles. The Labute approximate surface area is 140 Å². The largest absolute Gasteiger partial charge is 0.478 e. The maximum Gasteiger partial charge on any atom is 0.335 e. The Balaban J connectivity index is 1.92. The third-order valence-corrected chi connectivity index (χ3v) is 4.03. The molecule has 2 N–H and O–H groups in total. The minimum atomic E-state index is -0.962. The number of carbonyl (C=O) groups is 2. The molecule has 0 atom stereocenters. The van der Waals surface area contributed by atoms with Crippen molar-refractivity contribution in [2.75, 3.05) is 6.54 Å². The van der Waals surface area contributed by atoms with E-state index in [-0.39, 0.29) is 17.3 Å². The Morgan fingerprint density at radius 1 is 1.04 bits per heavy atom. The van der Waals surface area contributed by atoms with Crippen LogP contribution in [-0.2, 0) is 16.6 Å². The fourth-order valence-electron chi connectivity index (χ4n) is 2.35. The van der Waals surface area contributed by atoms with E-state index < -0.39 is 11.4 Å². The topological polar surface area (TPSA) is 66.4 Å². The van der Waals surface area contributed by atoms with Crippen LogP contribution >= 0.6 is 0 Å². The van der Waals surface area contributed by atoms with E-state index >= 15 is 0 Å². The summed E-state index contributed by atoms with van der Waals surface area (Å²) >= 11 is 0. The second-order valence-electron chi connectivity index (χ2n) is 6.14. The Kier molecular flexibility index (Phi) is 5.34. The highest BCUT2D eigenvalue weighted by atomic mass is 19.1. The van der Waals surface area contributed by atoms with Gasteiger partial charge >= 0.3 is 5.97 Å². The van der Waals surface area contributed by atoms with Crippen LogP contribution in [-0.4, -0.2) is 23.5 Å². The van der Waals surface area contributed by atoms with E-state index in [9.17, 15) is 14.0 Å². The molecule has 0 aliphatic rings. The molecular formula is C19H20FNO3. The van der Waals surface area contributed by atoms with E-state index in [4.69, 9.17) is 5.11 Å². The molecule has 0 aromatic heterocycles. The summed E-state index contributed by atoms with van der Waals surface area (Å²) < 4.78 is 13.0. The van der Waals surface area contributed by atoms with Crippen molar-refractivity contribution in [3.05, 3.63) is 71.0 Å². The summed E-state index contributed by atoms with van der Waals surface area (Å²) in [6.07, 6.45) is 0.602. The molecule has 126 valence electrons. The van der Waals surface area contributed by atoms with Crippen LogP contribution in [0.25, 0.3) is 0 Å². The fourth-order valence-corrected chi connectivity index (χ4v) is 2.35. The van der Waals surface area contributed by atoms with Crippen molar-refractivity contribution in [2.24, 2.45) is 0 Å². The summed E-state index contributed by atoms with van der Waals surface area (Å²) in [6, 6.07) is 12.5. The van der Waals surface area contributed by atoms with Crippen molar-refractivity contribution >= 4 is 11.9 Å². The van der Waals surface area contributed by atoms with Gasteiger partial charge in [0, 0.05) is 6.54 Å². The van der Waals surface area contributed by atoms with Crippen LogP contribution in [0.15, 0.2) is 48.5 Å². The molecule has 0 fully saturated rings. The van der Waals surface area contributed by atoms with Crippen LogP contribution in [0.1, 0.15) is 35.3 Å². The van der Waals surface area contributed by atoms with Gasteiger partial charge in [-0.3, -0.25) is 4.79 Å². The lowest BCUT2D eigenvalue weighted by Crippen LogP contribution is -2.40.